The zero-order valence-electron chi connectivity index (χ0n) is 22.9. The Labute approximate surface area is 221 Å². The van der Waals surface area contributed by atoms with Gasteiger partial charge in [0.2, 0.25) is 11.8 Å². The quantitative estimate of drug-likeness (QED) is 0.490. The number of hydrogen-bond acceptors (Lipinski definition) is 5. The van der Waals surface area contributed by atoms with Crippen molar-refractivity contribution in [3.63, 3.8) is 0 Å². The van der Waals surface area contributed by atoms with Crippen LogP contribution in [0.25, 0.3) is 0 Å². The lowest BCUT2D eigenvalue weighted by molar-refractivity contribution is -0.140. The van der Waals surface area contributed by atoms with E-state index in [0.717, 1.165) is 37.6 Å². The molecule has 2 aliphatic heterocycles. The van der Waals surface area contributed by atoms with E-state index in [1.807, 2.05) is 25.7 Å². The van der Waals surface area contributed by atoms with E-state index in [4.69, 9.17) is 5.11 Å². The highest BCUT2D eigenvalue weighted by atomic mass is 32.2. The van der Waals surface area contributed by atoms with E-state index in [2.05, 4.69) is 28.8 Å². The molecule has 8 nitrogen and oxygen atoms in total. The predicted molar refractivity (Wildman–Crippen MR) is 141 cm³/mol. The van der Waals surface area contributed by atoms with Gasteiger partial charge in [0.05, 0.1) is 17.0 Å². The average molecular weight is 545 g/mol. The minimum atomic E-state index is -1.03. The van der Waals surface area contributed by atoms with Gasteiger partial charge in [0, 0.05) is 37.0 Å². The van der Waals surface area contributed by atoms with Crippen LogP contribution in [0, 0.1) is 23.0 Å². The molecule has 1 aromatic rings. The Kier molecular flexibility index (Phi) is 11.0. The van der Waals surface area contributed by atoms with Gasteiger partial charge >= 0.3 is 0 Å². The fourth-order valence-electron chi connectivity index (χ4n) is 4.55. The Morgan fingerprint density at radius 2 is 1.73 bits per heavy atom. The van der Waals surface area contributed by atoms with Crippen molar-refractivity contribution in [2.24, 2.45) is 11.3 Å². The molecule has 210 valence electrons. The number of fused-ring (bicyclic) bond motifs is 1. The maximum absolute atomic E-state index is 13.4. The van der Waals surface area contributed by atoms with Gasteiger partial charge in [0.15, 0.2) is 11.6 Å². The van der Waals surface area contributed by atoms with Crippen LogP contribution in [0.1, 0.15) is 54.4 Å². The smallest absolute Gasteiger partial charge is 0.245 e. The van der Waals surface area contributed by atoms with Crippen LogP contribution in [-0.2, 0) is 20.6 Å². The van der Waals surface area contributed by atoms with Gasteiger partial charge < -0.3 is 20.6 Å². The van der Waals surface area contributed by atoms with Crippen molar-refractivity contribution in [1.29, 1.82) is 0 Å². The lowest BCUT2D eigenvalue weighted by Crippen LogP contribution is -2.58. The molecular formula is C26H42F2N4O4S. The fraction of sp³-hybridized carbons (Fsp3) is 0.692. The first-order valence-corrected chi connectivity index (χ1v) is 14.0. The van der Waals surface area contributed by atoms with Crippen molar-refractivity contribution in [2.45, 2.75) is 78.6 Å². The summed E-state index contributed by atoms with van der Waals surface area (Å²) in [7, 11) is 0.739. The monoisotopic (exact) mass is 544 g/mol. The van der Waals surface area contributed by atoms with E-state index in [9.17, 15) is 22.6 Å². The molecular weight excluding hydrogens is 502 g/mol. The predicted octanol–water partition coefficient (Wildman–Crippen LogP) is 2.79. The van der Waals surface area contributed by atoms with Gasteiger partial charge in [-0.3, -0.25) is 9.59 Å². The molecule has 3 rings (SSSR count). The molecule has 0 spiro atoms. The number of phenolic OH excluding ortho intramolecular Hbond substituents is 1. The standard InChI is InChI=1S/C20H38N4O3S.C6H4F2O/c1-13(2)12-28(27)24-11-9-15-16(24)8-10-23(15)19(26)17(20(4,5)6)22-18(25)14(3)21-7;7-5-2-1-4(9)3-6(5)8/h13-17,21H,8-12H2,1-7H3,(H,22,25);1-3,9H/t14-,15?,16?,17?,28?;/m0./s1. The van der Waals surface area contributed by atoms with Gasteiger partial charge in [-0.15, -0.1) is 0 Å². The highest BCUT2D eigenvalue weighted by molar-refractivity contribution is 7.82. The second-order valence-electron chi connectivity index (χ2n) is 11.2. The van der Waals surface area contributed by atoms with Crippen molar-refractivity contribution in [3.05, 3.63) is 29.8 Å². The van der Waals surface area contributed by atoms with Crippen LogP contribution in [0.5, 0.6) is 5.75 Å². The number of aromatic hydroxyl groups is 1. The van der Waals surface area contributed by atoms with Crippen molar-refractivity contribution < 1.29 is 27.7 Å². The first-order valence-electron chi connectivity index (χ1n) is 12.7. The maximum atomic E-state index is 13.4. The summed E-state index contributed by atoms with van der Waals surface area (Å²) in [5.74, 6) is -1.39. The van der Waals surface area contributed by atoms with Crippen molar-refractivity contribution in [3.8, 4) is 5.75 Å². The van der Waals surface area contributed by atoms with Gasteiger partial charge in [0.1, 0.15) is 11.8 Å². The highest BCUT2D eigenvalue weighted by Gasteiger charge is 2.49. The first-order chi connectivity index (χ1) is 17.2. The van der Waals surface area contributed by atoms with E-state index >= 15 is 0 Å². The van der Waals surface area contributed by atoms with Crippen molar-refractivity contribution >= 4 is 22.8 Å². The molecule has 3 N–H and O–H groups in total. The Morgan fingerprint density at radius 1 is 1.11 bits per heavy atom. The van der Waals surface area contributed by atoms with Crippen LogP contribution in [0.2, 0.25) is 0 Å². The van der Waals surface area contributed by atoms with Gasteiger partial charge in [-0.1, -0.05) is 34.6 Å². The molecule has 4 unspecified atom stereocenters. The zero-order chi connectivity index (χ0) is 28.1. The summed E-state index contributed by atoms with van der Waals surface area (Å²) in [4.78, 5) is 27.8. The molecule has 37 heavy (non-hydrogen) atoms. The topological polar surface area (TPSA) is 102 Å². The Morgan fingerprint density at radius 3 is 2.24 bits per heavy atom. The summed E-state index contributed by atoms with van der Waals surface area (Å²) in [6.07, 6.45) is 1.69. The van der Waals surface area contributed by atoms with Crippen molar-refractivity contribution in [2.75, 3.05) is 25.9 Å². The second kappa shape index (κ2) is 13.1. The van der Waals surface area contributed by atoms with E-state index in [0.29, 0.717) is 18.2 Å². The van der Waals surface area contributed by atoms with Gasteiger partial charge in [-0.2, -0.15) is 0 Å². The summed E-state index contributed by atoms with van der Waals surface area (Å²) in [5.41, 5.74) is -0.392. The SMILES string of the molecule is CN[C@@H](C)C(=O)NC(C(=O)N1CCC2C1CCN2S(=O)CC(C)C)C(C)(C)C.Oc1ccc(F)c(F)c1. The number of hydrogen-bond donors (Lipinski definition) is 3. The molecule has 0 radical (unpaired) electrons. The van der Waals surface area contributed by atoms with Crippen LogP contribution >= 0.6 is 0 Å². The molecule has 1 aromatic carbocycles. The second-order valence-corrected chi connectivity index (χ2v) is 12.6. The third kappa shape index (κ3) is 8.19. The summed E-state index contributed by atoms with van der Waals surface area (Å²) in [6.45, 7) is 13.3. The molecule has 2 saturated heterocycles. The third-order valence-electron chi connectivity index (χ3n) is 6.68. The lowest BCUT2D eigenvalue weighted by atomic mass is 9.85. The number of halogens is 2. The number of carbonyl (C=O) groups excluding carboxylic acids is 2. The normalized spacial score (nSPS) is 22.2. The molecule has 2 amide bonds. The van der Waals surface area contributed by atoms with Crippen LogP contribution in [0.15, 0.2) is 18.2 Å². The first kappa shape index (κ1) is 31.1. The molecule has 2 fully saturated rings. The highest BCUT2D eigenvalue weighted by Crippen LogP contribution is 2.35. The Bertz CT molecular complexity index is 972. The van der Waals surface area contributed by atoms with Gasteiger partial charge in [-0.05, 0) is 50.3 Å². The van der Waals surface area contributed by atoms with Crippen molar-refractivity contribution in [1.82, 2.24) is 19.8 Å². The molecule has 0 saturated carbocycles. The third-order valence-corrected chi connectivity index (χ3v) is 8.60. The van der Waals surface area contributed by atoms with Gasteiger partial charge in [0.25, 0.3) is 0 Å². The molecule has 2 heterocycles. The maximum Gasteiger partial charge on any atom is 0.245 e. The zero-order valence-corrected chi connectivity index (χ0v) is 23.7. The number of likely N-dealkylation sites (tertiary alicyclic amines) is 1. The van der Waals surface area contributed by atoms with E-state index in [1.54, 1.807) is 14.0 Å². The number of nitrogens with one attached hydrogen (secondary N) is 2. The summed E-state index contributed by atoms with van der Waals surface area (Å²) < 4.78 is 38.8. The lowest BCUT2D eigenvalue weighted by Gasteiger charge is -2.36. The number of rotatable bonds is 7. The average Bonchev–Trinajstić information content (AvgIpc) is 3.40. The molecule has 11 heteroatoms. The van der Waals surface area contributed by atoms with E-state index in [-0.39, 0.29) is 35.7 Å². The molecule has 0 bridgehead atoms. The van der Waals surface area contributed by atoms with E-state index in [1.165, 1.54) is 0 Å². The summed E-state index contributed by atoms with van der Waals surface area (Å²) in [6, 6.07) is 1.98. The number of carbonyl (C=O) groups is 2. The number of phenols is 1. The molecule has 0 aromatic heterocycles. The largest absolute Gasteiger partial charge is 0.508 e. The number of amides is 2. The molecule has 2 aliphatic rings. The number of likely N-dealkylation sites (N-methyl/N-ethyl adjacent to an activating group) is 1. The minimum absolute atomic E-state index is 0.0202. The summed E-state index contributed by atoms with van der Waals surface area (Å²) >= 11 is 0. The number of benzene rings is 1. The molecule has 5 atom stereocenters. The van der Waals surface area contributed by atoms with Crippen LogP contribution in [0.3, 0.4) is 0 Å². The van der Waals surface area contributed by atoms with Crippen LogP contribution in [-0.4, -0.2) is 80.4 Å². The minimum Gasteiger partial charge on any atom is -0.508 e. The van der Waals surface area contributed by atoms with Crippen LogP contribution in [0.4, 0.5) is 8.78 Å². The van der Waals surface area contributed by atoms with E-state index < -0.39 is 34.1 Å². The molecule has 0 aliphatic carbocycles. The fourth-order valence-corrected chi connectivity index (χ4v) is 6.17. The van der Waals surface area contributed by atoms with Gasteiger partial charge in [-0.25, -0.2) is 17.3 Å². The Balaban J connectivity index is 0.000000449. The van der Waals surface area contributed by atoms with Crippen LogP contribution < -0.4 is 10.6 Å². The number of nitrogens with zero attached hydrogens (tertiary/aromatic N) is 2. The Hall–Kier alpha value is -2.11. The summed E-state index contributed by atoms with van der Waals surface area (Å²) in [5, 5.41) is 14.4.